The van der Waals surface area contributed by atoms with Crippen molar-refractivity contribution >= 4 is 5.97 Å². The largest absolute Gasteiger partial charge is 0.481 e. The molecular formula is C11H11FN4O2. The molecule has 1 N–H and O–H groups in total. The maximum absolute atomic E-state index is 13.6. The molecule has 1 heterocycles. The Labute approximate surface area is 102 Å². The topological polar surface area (TPSA) is 80.9 Å². The maximum Gasteiger partial charge on any atom is 0.311 e. The van der Waals surface area contributed by atoms with Crippen molar-refractivity contribution in [1.29, 1.82) is 0 Å². The lowest BCUT2D eigenvalue weighted by Gasteiger charge is -2.11. The van der Waals surface area contributed by atoms with Crippen LogP contribution in [-0.4, -0.2) is 31.3 Å². The molecule has 1 aromatic heterocycles. The summed E-state index contributed by atoms with van der Waals surface area (Å²) in [6, 6.07) is 5.79. The van der Waals surface area contributed by atoms with Crippen LogP contribution in [0.2, 0.25) is 0 Å². The van der Waals surface area contributed by atoms with E-state index < -0.39 is 17.7 Å². The SMILES string of the molecule is Cn1nnc(CC(C(=O)O)c2ccccc2F)n1. The minimum atomic E-state index is -1.12. The van der Waals surface area contributed by atoms with E-state index in [1.165, 1.54) is 23.0 Å². The first-order valence-corrected chi connectivity index (χ1v) is 5.28. The van der Waals surface area contributed by atoms with Gasteiger partial charge in [-0.05, 0) is 11.3 Å². The molecule has 1 atom stereocenters. The second-order valence-corrected chi connectivity index (χ2v) is 3.81. The van der Waals surface area contributed by atoms with Crippen LogP contribution in [0.3, 0.4) is 0 Å². The van der Waals surface area contributed by atoms with Gasteiger partial charge in [-0.25, -0.2) is 4.39 Å². The molecule has 0 saturated carbocycles. The Morgan fingerprint density at radius 3 is 2.78 bits per heavy atom. The number of rotatable bonds is 4. The first-order chi connectivity index (χ1) is 8.58. The zero-order valence-electron chi connectivity index (χ0n) is 9.62. The third-order valence-electron chi connectivity index (χ3n) is 2.52. The highest BCUT2D eigenvalue weighted by molar-refractivity contribution is 5.76. The van der Waals surface area contributed by atoms with E-state index in [9.17, 15) is 9.18 Å². The standard InChI is InChI=1S/C11H11FN4O2/c1-16-14-10(13-15-16)6-8(11(17)18)7-4-2-3-5-9(7)12/h2-5,8H,6H2,1H3,(H,17,18). The normalized spacial score (nSPS) is 12.3. The van der Waals surface area contributed by atoms with E-state index in [4.69, 9.17) is 5.11 Å². The number of benzene rings is 1. The van der Waals surface area contributed by atoms with Crippen molar-refractivity contribution in [3.8, 4) is 0 Å². The molecule has 0 aliphatic rings. The number of aliphatic carboxylic acids is 1. The smallest absolute Gasteiger partial charge is 0.311 e. The lowest BCUT2D eigenvalue weighted by molar-refractivity contribution is -0.138. The average Bonchev–Trinajstić information content (AvgIpc) is 2.73. The molecule has 18 heavy (non-hydrogen) atoms. The molecule has 0 aliphatic carbocycles. The fourth-order valence-corrected chi connectivity index (χ4v) is 1.68. The number of aryl methyl sites for hydroxylation is 1. The van der Waals surface area contributed by atoms with Gasteiger partial charge in [-0.15, -0.1) is 10.2 Å². The molecule has 0 fully saturated rings. The molecule has 6 nitrogen and oxygen atoms in total. The molecule has 0 amide bonds. The van der Waals surface area contributed by atoms with Crippen molar-refractivity contribution in [3.05, 3.63) is 41.5 Å². The molecule has 0 spiro atoms. The number of hydrogen-bond donors (Lipinski definition) is 1. The molecule has 2 aromatic rings. The van der Waals surface area contributed by atoms with Crippen LogP contribution in [0.4, 0.5) is 4.39 Å². The van der Waals surface area contributed by atoms with Gasteiger partial charge in [-0.3, -0.25) is 4.79 Å². The molecule has 2 rings (SSSR count). The van der Waals surface area contributed by atoms with Crippen LogP contribution in [0, 0.1) is 5.82 Å². The summed E-state index contributed by atoms with van der Waals surface area (Å²) in [6.45, 7) is 0. The number of aromatic nitrogens is 4. The average molecular weight is 250 g/mol. The van der Waals surface area contributed by atoms with Crippen molar-refractivity contribution in [2.24, 2.45) is 7.05 Å². The van der Waals surface area contributed by atoms with Gasteiger partial charge < -0.3 is 5.11 Å². The number of halogens is 1. The summed E-state index contributed by atoms with van der Waals surface area (Å²) in [5.74, 6) is -2.41. The van der Waals surface area contributed by atoms with Gasteiger partial charge in [0.2, 0.25) is 0 Å². The number of carboxylic acid groups (broad SMARTS) is 1. The predicted molar refractivity (Wildman–Crippen MR) is 59.3 cm³/mol. The minimum absolute atomic E-state index is 0.00407. The predicted octanol–water partition coefficient (Wildman–Crippen LogP) is 0.760. The number of nitrogens with zero attached hydrogens (tertiary/aromatic N) is 4. The number of tetrazole rings is 1. The summed E-state index contributed by atoms with van der Waals surface area (Å²) in [7, 11) is 1.58. The van der Waals surface area contributed by atoms with Gasteiger partial charge in [0.05, 0.1) is 13.0 Å². The highest BCUT2D eigenvalue weighted by Gasteiger charge is 2.25. The Morgan fingerprint density at radius 2 is 2.22 bits per heavy atom. The zero-order chi connectivity index (χ0) is 13.1. The summed E-state index contributed by atoms with van der Waals surface area (Å²) >= 11 is 0. The van der Waals surface area contributed by atoms with Crippen molar-refractivity contribution in [2.75, 3.05) is 0 Å². The van der Waals surface area contributed by atoms with Crippen molar-refractivity contribution < 1.29 is 14.3 Å². The maximum atomic E-state index is 13.6. The molecule has 0 bridgehead atoms. The van der Waals surface area contributed by atoms with Gasteiger partial charge in [0.15, 0.2) is 5.82 Å². The van der Waals surface area contributed by atoms with Gasteiger partial charge in [0.25, 0.3) is 0 Å². The van der Waals surface area contributed by atoms with Crippen LogP contribution in [0.15, 0.2) is 24.3 Å². The van der Waals surface area contributed by atoms with Crippen LogP contribution >= 0.6 is 0 Å². The Hall–Kier alpha value is -2.31. The lowest BCUT2D eigenvalue weighted by Crippen LogP contribution is -2.16. The Bertz CT molecular complexity index is 570. The monoisotopic (exact) mass is 250 g/mol. The Kier molecular flexibility index (Phi) is 3.31. The minimum Gasteiger partial charge on any atom is -0.481 e. The lowest BCUT2D eigenvalue weighted by atomic mass is 9.95. The van der Waals surface area contributed by atoms with Crippen LogP contribution in [0.5, 0.6) is 0 Å². The molecule has 1 aromatic carbocycles. The zero-order valence-corrected chi connectivity index (χ0v) is 9.62. The van der Waals surface area contributed by atoms with Crippen LogP contribution in [0.1, 0.15) is 17.3 Å². The van der Waals surface area contributed by atoms with E-state index in [2.05, 4.69) is 15.4 Å². The number of hydrogen-bond acceptors (Lipinski definition) is 4. The highest BCUT2D eigenvalue weighted by atomic mass is 19.1. The second-order valence-electron chi connectivity index (χ2n) is 3.81. The van der Waals surface area contributed by atoms with E-state index in [1.54, 1.807) is 13.1 Å². The van der Waals surface area contributed by atoms with Gasteiger partial charge in [-0.1, -0.05) is 18.2 Å². The van der Waals surface area contributed by atoms with E-state index in [1.807, 2.05) is 0 Å². The Balaban J connectivity index is 2.30. The summed E-state index contributed by atoms with van der Waals surface area (Å²) < 4.78 is 13.6. The summed E-state index contributed by atoms with van der Waals surface area (Å²) in [6.07, 6.45) is 0.00407. The van der Waals surface area contributed by atoms with Gasteiger partial charge in [-0.2, -0.15) is 4.80 Å². The highest BCUT2D eigenvalue weighted by Crippen LogP contribution is 2.22. The van der Waals surface area contributed by atoms with Crippen LogP contribution in [0.25, 0.3) is 0 Å². The third-order valence-corrected chi connectivity index (χ3v) is 2.52. The van der Waals surface area contributed by atoms with E-state index in [-0.39, 0.29) is 17.8 Å². The van der Waals surface area contributed by atoms with Gasteiger partial charge in [0.1, 0.15) is 5.82 Å². The quantitative estimate of drug-likeness (QED) is 0.866. The van der Waals surface area contributed by atoms with Gasteiger partial charge in [0, 0.05) is 12.0 Å². The van der Waals surface area contributed by atoms with Crippen molar-refractivity contribution in [3.63, 3.8) is 0 Å². The van der Waals surface area contributed by atoms with E-state index >= 15 is 0 Å². The first kappa shape index (κ1) is 12.2. The Morgan fingerprint density at radius 1 is 1.50 bits per heavy atom. The fourth-order valence-electron chi connectivity index (χ4n) is 1.68. The molecule has 0 saturated heterocycles. The first-order valence-electron chi connectivity index (χ1n) is 5.28. The summed E-state index contributed by atoms with van der Waals surface area (Å²) in [4.78, 5) is 12.4. The molecular weight excluding hydrogens is 239 g/mol. The molecule has 1 unspecified atom stereocenters. The summed E-state index contributed by atoms with van der Waals surface area (Å²) in [5.41, 5.74) is 0.123. The molecule has 94 valence electrons. The fraction of sp³-hybridized carbons (Fsp3) is 0.273. The molecule has 0 aliphatic heterocycles. The van der Waals surface area contributed by atoms with Crippen molar-refractivity contribution in [2.45, 2.75) is 12.3 Å². The van der Waals surface area contributed by atoms with Crippen LogP contribution in [-0.2, 0) is 18.3 Å². The molecule has 7 heteroatoms. The van der Waals surface area contributed by atoms with Gasteiger partial charge >= 0.3 is 5.97 Å². The van der Waals surface area contributed by atoms with Crippen molar-refractivity contribution in [1.82, 2.24) is 20.2 Å². The summed E-state index contributed by atoms with van der Waals surface area (Å²) in [5, 5.41) is 20.4. The number of carbonyl (C=O) groups is 1. The number of carboxylic acids is 1. The second kappa shape index (κ2) is 4.91. The van der Waals surface area contributed by atoms with Crippen LogP contribution < -0.4 is 0 Å². The van der Waals surface area contributed by atoms with E-state index in [0.29, 0.717) is 0 Å². The third kappa shape index (κ3) is 2.50. The van der Waals surface area contributed by atoms with E-state index in [0.717, 1.165) is 0 Å². The molecule has 0 radical (unpaired) electrons.